The summed E-state index contributed by atoms with van der Waals surface area (Å²) in [6.45, 7) is 4.90. The maximum atomic E-state index is 5.97. The number of benzene rings is 2. The summed E-state index contributed by atoms with van der Waals surface area (Å²) in [6, 6.07) is 21.6. The molecule has 4 rings (SSSR count). The van der Waals surface area contributed by atoms with Crippen molar-refractivity contribution in [2.24, 2.45) is 0 Å². The predicted molar refractivity (Wildman–Crippen MR) is 126 cm³/mol. The average Bonchev–Trinajstić information content (AvgIpc) is 2.80. The zero-order valence-electron chi connectivity index (χ0n) is 17.3. The average molecular weight is 436 g/mol. The SMILES string of the molecule is CC(NC(=S)Nc1nc(Oc2ccccc2)cc(N2CCOCC2)n1)c1ccccc1. The van der Waals surface area contributed by atoms with E-state index in [1.807, 2.05) is 54.6 Å². The standard InChI is InChI=1S/C23H25N5O2S/c1-17(18-8-4-2-5-9-18)24-23(31)27-22-25-20(28-12-14-29-15-13-28)16-21(26-22)30-19-10-6-3-7-11-19/h2-11,16-17H,12-15H2,1H3,(H2,24,25,26,27,31). The second-order valence-corrected chi connectivity index (χ2v) is 7.54. The van der Waals surface area contributed by atoms with Crippen LogP contribution in [0.2, 0.25) is 0 Å². The molecule has 0 amide bonds. The highest BCUT2D eigenvalue weighted by Gasteiger charge is 2.17. The lowest BCUT2D eigenvalue weighted by molar-refractivity contribution is 0.122. The van der Waals surface area contributed by atoms with Gasteiger partial charge in [-0.15, -0.1) is 0 Å². The number of ether oxygens (including phenoxy) is 2. The lowest BCUT2D eigenvalue weighted by Gasteiger charge is -2.28. The van der Waals surface area contributed by atoms with E-state index < -0.39 is 0 Å². The fraction of sp³-hybridized carbons (Fsp3) is 0.261. The number of rotatable bonds is 6. The van der Waals surface area contributed by atoms with Crippen molar-refractivity contribution >= 4 is 29.1 Å². The number of morpholine rings is 1. The lowest BCUT2D eigenvalue weighted by Crippen LogP contribution is -2.37. The number of aromatic nitrogens is 2. The summed E-state index contributed by atoms with van der Waals surface area (Å²) in [5, 5.41) is 6.83. The first-order chi connectivity index (χ1) is 15.2. The first-order valence-corrected chi connectivity index (χ1v) is 10.7. The molecular formula is C23H25N5O2S. The van der Waals surface area contributed by atoms with Crippen molar-refractivity contribution < 1.29 is 9.47 Å². The Kier molecular flexibility index (Phi) is 6.91. The molecule has 2 aromatic carbocycles. The van der Waals surface area contributed by atoms with Gasteiger partial charge in [-0.05, 0) is 36.8 Å². The van der Waals surface area contributed by atoms with Crippen LogP contribution in [0, 0.1) is 0 Å². The minimum absolute atomic E-state index is 0.0451. The summed E-state index contributed by atoms with van der Waals surface area (Å²) < 4.78 is 11.4. The van der Waals surface area contributed by atoms with Crippen molar-refractivity contribution in [3.8, 4) is 11.6 Å². The van der Waals surface area contributed by atoms with Gasteiger partial charge in [0.1, 0.15) is 11.6 Å². The van der Waals surface area contributed by atoms with Crippen LogP contribution in [0.15, 0.2) is 66.7 Å². The van der Waals surface area contributed by atoms with Gasteiger partial charge in [-0.3, -0.25) is 0 Å². The van der Waals surface area contributed by atoms with Gasteiger partial charge in [0, 0.05) is 19.2 Å². The molecule has 0 bridgehead atoms. The van der Waals surface area contributed by atoms with E-state index in [-0.39, 0.29) is 6.04 Å². The van der Waals surface area contributed by atoms with Crippen molar-refractivity contribution in [3.63, 3.8) is 0 Å². The van der Waals surface area contributed by atoms with Crippen molar-refractivity contribution in [3.05, 3.63) is 72.3 Å². The van der Waals surface area contributed by atoms with Crippen LogP contribution in [0.25, 0.3) is 0 Å². The zero-order valence-corrected chi connectivity index (χ0v) is 18.1. The molecule has 2 N–H and O–H groups in total. The fourth-order valence-corrected chi connectivity index (χ4v) is 3.51. The molecule has 1 aliphatic rings. The van der Waals surface area contributed by atoms with Crippen LogP contribution in [-0.2, 0) is 4.74 Å². The molecule has 1 atom stereocenters. The Morgan fingerprint density at radius 1 is 1.03 bits per heavy atom. The number of nitrogens with zero attached hydrogens (tertiary/aromatic N) is 3. The topological polar surface area (TPSA) is 71.5 Å². The molecule has 0 saturated carbocycles. The second kappa shape index (κ2) is 10.2. The Morgan fingerprint density at radius 3 is 2.42 bits per heavy atom. The summed E-state index contributed by atoms with van der Waals surface area (Å²) in [5.41, 5.74) is 1.14. The van der Waals surface area contributed by atoms with Crippen LogP contribution in [-0.4, -0.2) is 41.4 Å². The van der Waals surface area contributed by atoms with E-state index in [2.05, 4.69) is 44.6 Å². The highest BCUT2D eigenvalue weighted by atomic mass is 32.1. The van der Waals surface area contributed by atoms with Crippen molar-refractivity contribution in [1.82, 2.24) is 15.3 Å². The molecule has 3 aromatic rings. The van der Waals surface area contributed by atoms with Crippen LogP contribution in [0.1, 0.15) is 18.5 Å². The van der Waals surface area contributed by atoms with Gasteiger partial charge in [0.25, 0.3) is 0 Å². The molecule has 0 spiro atoms. The number of nitrogens with one attached hydrogen (secondary N) is 2. The van der Waals surface area contributed by atoms with Gasteiger partial charge in [0.05, 0.1) is 19.3 Å². The van der Waals surface area contributed by atoms with Crippen LogP contribution < -0.4 is 20.3 Å². The third-order valence-electron chi connectivity index (χ3n) is 4.86. The van der Waals surface area contributed by atoms with Gasteiger partial charge >= 0.3 is 0 Å². The Hall–Kier alpha value is -3.23. The summed E-state index contributed by atoms with van der Waals surface area (Å²) in [6.07, 6.45) is 0. The molecule has 160 valence electrons. The van der Waals surface area contributed by atoms with Crippen LogP contribution in [0.4, 0.5) is 11.8 Å². The number of anilines is 2. The fourth-order valence-electron chi connectivity index (χ4n) is 3.24. The number of thiocarbonyl (C=S) groups is 1. The first-order valence-electron chi connectivity index (χ1n) is 10.2. The van der Waals surface area contributed by atoms with Crippen LogP contribution in [0.3, 0.4) is 0 Å². The summed E-state index contributed by atoms with van der Waals surface area (Å²) >= 11 is 5.51. The van der Waals surface area contributed by atoms with Crippen molar-refractivity contribution in [1.29, 1.82) is 0 Å². The normalized spacial score (nSPS) is 14.5. The van der Waals surface area contributed by atoms with E-state index in [9.17, 15) is 0 Å². The highest BCUT2D eigenvalue weighted by molar-refractivity contribution is 7.80. The summed E-state index contributed by atoms with van der Waals surface area (Å²) in [4.78, 5) is 11.3. The summed E-state index contributed by atoms with van der Waals surface area (Å²) in [5.74, 6) is 2.31. The number of para-hydroxylation sites is 1. The summed E-state index contributed by atoms with van der Waals surface area (Å²) in [7, 11) is 0. The van der Waals surface area contributed by atoms with Crippen LogP contribution in [0.5, 0.6) is 11.6 Å². The quantitative estimate of drug-likeness (QED) is 0.560. The Balaban J connectivity index is 1.52. The molecule has 0 aliphatic carbocycles. The van der Waals surface area contributed by atoms with Crippen molar-refractivity contribution in [2.45, 2.75) is 13.0 Å². The first kappa shape index (κ1) is 21.0. The monoisotopic (exact) mass is 435 g/mol. The molecule has 2 heterocycles. The van der Waals surface area contributed by atoms with E-state index in [1.165, 1.54) is 0 Å². The molecule has 1 saturated heterocycles. The van der Waals surface area contributed by atoms with Gasteiger partial charge in [-0.2, -0.15) is 9.97 Å². The van der Waals surface area contributed by atoms with Gasteiger partial charge < -0.3 is 25.0 Å². The maximum absolute atomic E-state index is 5.97. The molecule has 1 aromatic heterocycles. The van der Waals surface area contributed by atoms with Crippen molar-refractivity contribution in [2.75, 3.05) is 36.5 Å². The zero-order chi connectivity index (χ0) is 21.5. The molecule has 31 heavy (non-hydrogen) atoms. The molecule has 0 radical (unpaired) electrons. The van der Waals surface area contributed by atoms with Gasteiger partial charge in [-0.1, -0.05) is 48.5 Å². The number of hydrogen-bond donors (Lipinski definition) is 2. The van der Waals surface area contributed by atoms with E-state index in [1.54, 1.807) is 0 Å². The van der Waals surface area contributed by atoms with Gasteiger partial charge in [0.2, 0.25) is 11.8 Å². The van der Waals surface area contributed by atoms with E-state index in [0.717, 1.165) is 24.5 Å². The Morgan fingerprint density at radius 2 is 1.71 bits per heavy atom. The largest absolute Gasteiger partial charge is 0.439 e. The second-order valence-electron chi connectivity index (χ2n) is 7.13. The van der Waals surface area contributed by atoms with Gasteiger partial charge in [-0.25, -0.2) is 0 Å². The molecular weight excluding hydrogens is 410 g/mol. The smallest absolute Gasteiger partial charge is 0.234 e. The predicted octanol–water partition coefficient (Wildman–Crippen LogP) is 4.15. The number of hydrogen-bond acceptors (Lipinski definition) is 6. The molecule has 1 fully saturated rings. The third kappa shape index (κ3) is 5.90. The Labute approximate surface area is 187 Å². The van der Waals surface area contributed by atoms with E-state index >= 15 is 0 Å². The lowest BCUT2D eigenvalue weighted by atomic mass is 10.1. The maximum Gasteiger partial charge on any atom is 0.234 e. The van der Waals surface area contributed by atoms with Crippen LogP contribution >= 0.6 is 12.2 Å². The Bertz CT molecular complexity index is 997. The van der Waals surface area contributed by atoms with Gasteiger partial charge in [0.15, 0.2) is 5.11 Å². The highest BCUT2D eigenvalue weighted by Crippen LogP contribution is 2.25. The third-order valence-corrected chi connectivity index (χ3v) is 5.08. The molecule has 7 nitrogen and oxygen atoms in total. The minimum Gasteiger partial charge on any atom is -0.439 e. The van der Waals surface area contributed by atoms with E-state index in [4.69, 9.17) is 21.7 Å². The van der Waals surface area contributed by atoms with E-state index in [0.29, 0.717) is 35.9 Å². The molecule has 8 heteroatoms. The molecule has 1 unspecified atom stereocenters. The molecule has 1 aliphatic heterocycles. The minimum atomic E-state index is 0.0451.